The van der Waals surface area contributed by atoms with E-state index in [0.717, 1.165) is 49.4 Å². The van der Waals surface area contributed by atoms with Gasteiger partial charge in [0.05, 0.1) is 32.2 Å². The lowest BCUT2D eigenvalue weighted by Crippen LogP contribution is -2.46. The normalized spacial score (nSPS) is 14.8. The van der Waals surface area contributed by atoms with Gasteiger partial charge in [-0.15, -0.1) is 0 Å². The number of rotatable bonds is 6. The fourth-order valence-corrected chi connectivity index (χ4v) is 3.87. The van der Waals surface area contributed by atoms with Gasteiger partial charge >= 0.3 is 0 Å². The third kappa shape index (κ3) is 3.78. The van der Waals surface area contributed by atoms with E-state index >= 15 is 0 Å². The van der Waals surface area contributed by atoms with E-state index in [1.54, 1.807) is 27.7 Å². The second kappa shape index (κ2) is 8.53. The molecule has 0 saturated carbocycles. The van der Waals surface area contributed by atoms with Crippen LogP contribution in [0.3, 0.4) is 0 Å². The van der Waals surface area contributed by atoms with E-state index in [4.69, 9.17) is 14.2 Å². The third-order valence-electron chi connectivity index (χ3n) is 5.33. The van der Waals surface area contributed by atoms with Crippen LogP contribution < -0.4 is 19.1 Å². The minimum atomic E-state index is 0.557. The average Bonchev–Trinajstić information content (AvgIpc) is 2.78. The van der Waals surface area contributed by atoms with Crippen LogP contribution in [-0.2, 0) is 6.54 Å². The topological polar surface area (TPSA) is 60.0 Å². The fourth-order valence-electron chi connectivity index (χ4n) is 3.87. The molecule has 0 unspecified atom stereocenters. The first-order valence-corrected chi connectivity index (χ1v) is 9.70. The zero-order valence-corrected chi connectivity index (χ0v) is 17.1. The van der Waals surface area contributed by atoms with E-state index in [9.17, 15) is 0 Å². The molecule has 29 heavy (non-hydrogen) atoms. The molecular weight excluding hydrogens is 368 g/mol. The van der Waals surface area contributed by atoms with E-state index in [2.05, 4.69) is 50.1 Å². The van der Waals surface area contributed by atoms with Gasteiger partial charge in [0.1, 0.15) is 12.1 Å². The standard InChI is InChI=1S/C22H26N4O3/c1-27-18-13-17-19(21(29-3)20(18)28-2)22(24-15-23-17)26-11-9-25(10-12-26)14-16-7-5-4-6-8-16/h4-8,13,15H,9-12,14H2,1-3H3. The van der Waals surface area contributed by atoms with Crippen molar-refractivity contribution in [1.82, 2.24) is 14.9 Å². The molecule has 1 fully saturated rings. The van der Waals surface area contributed by atoms with Crippen LogP contribution in [0.1, 0.15) is 5.56 Å². The predicted molar refractivity (Wildman–Crippen MR) is 113 cm³/mol. The Bertz CT molecular complexity index is 973. The monoisotopic (exact) mass is 394 g/mol. The maximum Gasteiger partial charge on any atom is 0.204 e. The van der Waals surface area contributed by atoms with Crippen molar-refractivity contribution in [3.63, 3.8) is 0 Å². The molecule has 3 aromatic rings. The Morgan fingerprint density at radius 3 is 2.24 bits per heavy atom. The smallest absolute Gasteiger partial charge is 0.204 e. The Morgan fingerprint density at radius 2 is 1.59 bits per heavy atom. The van der Waals surface area contributed by atoms with Crippen molar-refractivity contribution in [2.24, 2.45) is 0 Å². The first-order chi connectivity index (χ1) is 14.2. The number of benzene rings is 2. The van der Waals surface area contributed by atoms with E-state index in [1.807, 2.05) is 6.07 Å². The van der Waals surface area contributed by atoms with Crippen molar-refractivity contribution in [2.45, 2.75) is 6.54 Å². The quantitative estimate of drug-likeness (QED) is 0.637. The lowest BCUT2D eigenvalue weighted by atomic mass is 10.1. The average molecular weight is 394 g/mol. The summed E-state index contributed by atoms with van der Waals surface area (Å²) in [4.78, 5) is 13.8. The lowest BCUT2D eigenvalue weighted by molar-refractivity contribution is 0.249. The first-order valence-electron chi connectivity index (χ1n) is 9.70. The van der Waals surface area contributed by atoms with Crippen molar-refractivity contribution in [3.05, 3.63) is 48.3 Å². The van der Waals surface area contributed by atoms with E-state index in [0.29, 0.717) is 17.2 Å². The largest absolute Gasteiger partial charge is 0.493 e. The van der Waals surface area contributed by atoms with E-state index in [-0.39, 0.29) is 0 Å². The molecule has 2 aromatic carbocycles. The first kappa shape index (κ1) is 19.3. The molecular formula is C22H26N4O3. The molecule has 4 rings (SSSR count). The van der Waals surface area contributed by atoms with Crippen molar-refractivity contribution < 1.29 is 14.2 Å². The van der Waals surface area contributed by atoms with Crippen molar-refractivity contribution in [2.75, 3.05) is 52.4 Å². The molecule has 7 nitrogen and oxygen atoms in total. The predicted octanol–water partition coefficient (Wildman–Crippen LogP) is 2.98. The molecule has 1 aliphatic rings. The Balaban J connectivity index is 1.61. The van der Waals surface area contributed by atoms with Gasteiger partial charge in [-0.05, 0) is 5.56 Å². The highest BCUT2D eigenvalue weighted by Gasteiger charge is 2.25. The number of fused-ring (bicyclic) bond motifs is 1. The van der Waals surface area contributed by atoms with E-state index in [1.165, 1.54) is 5.56 Å². The Morgan fingerprint density at radius 1 is 0.862 bits per heavy atom. The maximum atomic E-state index is 5.70. The molecule has 2 heterocycles. The number of piperazine rings is 1. The number of hydrogen-bond donors (Lipinski definition) is 0. The molecule has 0 atom stereocenters. The van der Waals surface area contributed by atoms with Crippen LogP contribution in [0.5, 0.6) is 17.2 Å². The summed E-state index contributed by atoms with van der Waals surface area (Å²) >= 11 is 0. The number of methoxy groups -OCH3 is 3. The van der Waals surface area contributed by atoms with Crippen molar-refractivity contribution in [3.8, 4) is 17.2 Å². The van der Waals surface area contributed by atoms with Crippen LogP contribution in [0.15, 0.2) is 42.7 Å². The zero-order chi connectivity index (χ0) is 20.2. The van der Waals surface area contributed by atoms with Crippen molar-refractivity contribution in [1.29, 1.82) is 0 Å². The summed E-state index contributed by atoms with van der Waals surface area (Å²) in [6, 6.07) is 12.5. The van der Waals surface area contributed by atoms with Crippen LogP contribution in [0, 0.1) is 0 Å². The van der Waals surface area contributed by atoms with Gasteiger partial charge in [0.15, 0.2) is 11.5 Å². The summed E-state index contributed by atoms with van der Waals surface area (Å²) in [6.07, 6.45) is 1.60. The minimum Gasteiger partial charge on any atom is -0.493 e. The van der Waals surface area contributed by atoms with Gasteiger partial charge in [0.2, 0.25) is 5.75 Å². The highest BCUT2D eigenvalue weighted by atomic mass is 16.5. The molecule has 0 amide bonds. The molecule has 1 aliphatic heterocycles. The summed E-state index contributed by atoms with van der Waals surface area (Å²) in [5.41, 5.74) is 2.11. The number of aromatic nitrogens is 2. The van der Waals surface area contributed by atoms with Crippen LogP contribution >= 0.6 is 0 Å². The molecule has 7 heteroatoms. The molecule has 152 valence electrons. The highest BCUT2D eigenvalue weighted by molar-refractivity contribution is 5.98. The molecule has 1 aromatic heterocycles. The van der Waals surface area contributed by atoms with Gasteiger partial charge in [-0.1, -0.05) is 30.3 Å². The Kier molecular flexibility index (Phi) is 5.67. The van der Waals surface area contributed by atoms with Crippen molar-refractivity contribution >= 4 is 16.7 Å². The fraction of sp³-hybridized carbons (Fsp3) is 0.364. The van der Waals surface area contributed by atoms with Gasteiger partial charge in [0.25, 0.3) is 0 Å². The SMILES string of the molecule is COc1cc2ncnc(N3CCN(Cc4ccccc4)CC3)c2c(OC)c1OC. The molecule has 0 N–H and O–H groups in total. The molecule has 0 bridgehead atoms. The molecule has 1 saturated heterocycles. The Hall–Kier alpha value is -3.06. The molecule has 0 radical (unpaired) electrons. The number of ether oxygens (including phenoxy) is 3. The Labute approximate surface area is 170 Å². The number of nitrogens with zero attached hydrogens (tertiary/aromatic N) is 4. The zero-order valence-electron chi connectivity index (χ0n) is 17.1. The summed E-state index contributed by atoms with van der Waals surface area (Å²) in [5.74, 6) is 2.62. The number of anilines is 1. The third-order valence-corrected chi connectivity index (χ3v) is 5.33. The second-order valence-corrected chi connectivity index (χ2v) is 6.99. The minimum absolute atomic E-state index is 0.557. The van der Waals surface area contributed by atoms with Crippen LogP contribution in [-0.4, -0.2) is 62.4 Å². The molecule has 0 aliphatic carbocycles. The van der Waals surface area contributed by atoms with Gasteiger partial charge < -0.3 is 19.1 Å². The molecule has 0 spiro atoms. The summed E-state index contributed by atoms with van der Waals surface area (Å²) < 4.78 is 16.7. The van der Waals surface area contributed by atoms with E-state index < -0.39 is 0 Å². The summed E-state index contributed by atoms with van der Waals surface area (Å²) in [5, 5.41) is 0.851. The maximum absolute atomic E-state index is 5.70. The second-order valence-electron chi connectivity index (χ2n) is 6.99. The van der Waals surface area contributed by atoms with Gasteiger partial charge in [-0.25, -0.2) is 9.97 Å². The highest BCUT2D eigenvalue weighted by Crippen LogP contribution is 2.45. The lowest BCUT2D eigenvalue weighted by Gasteiger charge is -2.36. The summed E-state index contributed by atoms with van der Waals surface area (Å²) in [7, 11) is 4.85. The van der Waals surface area contributed by atoms with Gasteiger partial charge in [0, 0.05) is 38.8 Å². The summed E-state index contributed by atoms with van der Waals surface area (Å²) in [6.45, 7) is 4.67. The van der Waals surface area contributed by atoms with Gasteiger partial charge in [-0.2, -0.15) is 0 Å². The van der Waals surface area contributed by atoms with Crippen LogP contribution in [0.25, 0.3) is 10.9 Å². The van der Waals surface area contributed by atoms with Crippen LogP contribution in [0.4, 0.5) is 5.82 Å². The number of hydrogen-bond acceptors (Lipinski definition) is 7. The van der Waals surface area contributed by atoms with Crippen LogP contribution in [0.2, 0.25) is 0 Å². The van der Waals surface area contributed by atoms with Gasteiger partial charge in [-0.3, -0.25) is 4.90 Å².